The van der Waals surface area contributed by atoms with Gasteiger partial charge >= 0.3 is 0 Å². The van der Waals surface area contributed by atoms with Crippen molar-refractivity contribution < 1.29 is 90.1 Å². The van der Waals surface area contributed by atoms with E-state index in [0.29, 0.717) is 5.01 Å². The minimum Gasteiger partial charge on any atom is -0.394 e. The van der Waals surface area contributed by atoms with E-state index in [1.807, 2.05) is 0 Å². The maximum absolute atomic E-state index is 11.9. The lowest BCUT2D eigenvalue weighted by molar-refractivity contribution is -0.363. The van der Waals surface area contributed by atoms with Crippen LogP contribution in [0, 0.1) is 4.91 Å². The topological polar surface area (TPSA) is 350 Å². The zero-order chi connectivity index (χ0) is 34.6. The zero-order valence-electron chi connectivity index (χ0n) is 24.3. The molecule has 0 aromatic rings. The van der Waals surface area contributed by atoms with Crippen molar-refractivity contribution in [1.29, 1.82) is 0 Å². The summed E-state index contributed by atoms with van der Waals surface area (Å²) in [6.45, 7) is -1.44. The molecule has 0 bridgehead atoms. The molecule has 0 radical (unpaired) electrons. The van der Waals surface area contributed by atoms with Crippen LogP contribution < -0.4 is 0 Å². The number of aldehydes is 1. The van der Waals surface area contributed by atoms with Crippen LogP contribution in [0.5, 0.6) is 0 Å². The summed E-state index contributed by atoms with van der Waals surface area (Å²) in [4.78, 5) is 22.8. The van der Waals surface area contributed by atoms with Gasteiger partial charge in [0, 0.05) is 0 Å². The van der Waals surface area contributed by atoms with E-state index in [4.69, 9.17) is 18.9 Å². The zero-order valence-corrected chi connectivity index (χ0v) is 24.3. The summed E-state index contributed by atoms with van der Waals surface area (Å²) in [5.74, 6) is 0. The van der Waals surface area contributed by atoms with E-state index in [1.54, 1.807) is 0 Å². The lowest BCUT2D eigenvalue weighted by Gasteiger charge is -2.49. The fourth-order valence-electron chi connectivity index (χ4n) is 5.63. The number of nitroso groups, excluding NO2 is 1. The van der Waals surface area contributed by atoms with Gasteiger partial charge in [-0.05, 0) is 12.5 Å². The van der Waals surface area contributed by atoms with Crippen LogP contribution in [0.4, 0.5) is 0 Å². The van der Waals surface area contributed by atoms with Gasteiger partial charge < -0.3 is 90.1 Å². The van der Waals surface area contributed by atoms with Crippen molar-refractivity contribution in [3.8, 4) is 0 Å². The number of nitrogens with zero attached hydrogens (tertiary/aromatic N) is 2. The molecule has 266 valence electrons. The molecule has 2 fully saturated rings. The van der Waals surface area contributed by atoms with Crippen LogP contribution >= 0.6 is 0 Å². The van der Waals surface area contributed by atoms with Gasteiger partial charge in [-0.15, -0.1) is 4.91 Å². The Bertz CT molecular complexity index is 1020. The largest absolute Gasteiger partial charge is 0.394 e. The number of rotatable bonds is 14. The molecule has 3 rings (SSSR count). The summed E-state index contributed by atoms with van der Waals surface area (Å²) in [6, 6.07) is -3.04. The first kappa shape index (κ1) is 38.6. The van der Waals surface area contributed by atoms with E-state index >= 15 is 0 Å². The van der Waals surface area contributed by atoms with Gasteiger partial charge in [-0.1, -0.05) is 6.08 Å². The van der Waals surface area contributed by atoms with E-state index in [-0.39, 0.29) is 11.9 Å². The van der Waals surface area contributed by atoms with Crippen LogP contribution in [0.15, 0.2) is 16.9 Å². The monoisotopic (exact) mass is 674 g/mol. The summed E-state index contributed by atoms with van der Waals surface area (Å²) in [6.07, 6.45) is -29.0. The van der Waals surface area contributed by atoms with Crippen molar-refractivity contribution in [2.24, 2.45) is 5.29 Å². The number of hydrogen-bond donors (Lipinski definition) is 13. The van der Waals surface area contributed by atoms with Gasteiger partial charge in [-0.2, -0.15) is 0 Å². The van der Waals surface area contributed by atoms with Gasteiger partial charge in [0.05, 0.1) is 37.3 Å². The standard InChI is InChI=1S/C25H42N2O19/c1-7-13(27(26-42)9-2-8(3-28)14(34)18(38)15(9)35)17(37)20(40)24(43-7)46-23-12(6-31)44-25(21(41)19(23)39)45-22(11(33)5-30)16(36)10(32)4-29/h2,4,7,9-25,28,30-41H,3,5-6H2,1H3/t7-,9+,10+,11-,12-,13-,14-,15+,16-,17+,18+,19-,20-,21-,22-,23-,24-,25-/m1/s1. The highest BCUT2D eigenvalue weighted by atomic mass is 16.7. The molecule has 18 atom stereocenters. The van der Waals surface area contributed by atoms with Crippen molar-refractivity contribution in [2.45, 2.75) is 117 Å². The molecule has 2 aliphatic heterocycles. The SMILES string of the molecule is C[C@H]1O[C@H](O[C@H]2[C@H](O)[C@@H](O)[C@@H](O[C@@H]([C@H](O)[C@@H](O)C=O)[C@H](O)CO)O[C@@H]2CO)[C@H](O)[C@@H](O)[C@@H]1N(N=O)[C@H]1C=C(CO)[C@@H](O)[C@H](O)[C@H]1O. The summed E-state index contributed by atoms with van der Waals surface area (Å²) in [7, 11) is 0. The van der Waals surface area contributed by atoms with Gasteiger partial charge in [0.15, 0.2) is 18.9 Å². The predicted octanol–water partition coefficient (Wildman–Crippen LogP) is -8.33. The fraction of sp³-hybridized carbons (Fsp3) is 0.880. The third-order valence-corrected chi connectivity index (χ3v) is 8.28. The predicted molar refractivity (Wildman–Crippen MR) is 143 cm³/mol. The van der Waals surface area contributed by atoms with Crippen molar-refractivity contribution in [1.82, 2.24) is 5.01 Å². The Kier molecular flexibility index (Phi) is 13.8. The average Bonchev–Trinajstić information content (AvgIpc) is 3.05. The molecule has 0 aromatic carbocycles. The van der Waals surface area contributed by atoms with Crippen LogP contribution in [-0.4, -0.2) is 208 Å². The summed E-state index contributed by atoms with van der Waals surface area (Å²) in [5, 5.41) is 136. The van der Waals surface area contributed by atoms with Crippen LogP contribution in [0.3, 0.4) is 0 Å². The van der Waals surface area contributed by atoms with Gasteiger partial charge in [0.2, 0.25) is 0 Å². The Morgan fingerprint density at radius 1 is 0.913 bits per heavy atom. The van der Waals surface area contributed by atoms with E-state index in [1.165, 1.54) is 6.92 Å². The number of aliphatic hydroxyl groups is 13. The molecule has 3 aliphatic rings. The summed E-state index contributed by atoms with van der Waals surface area (Å²) in [5.41, 5.74) is -0.161. The number of aliphatic hydroxyl groups excluding tert-OH is 13. The van der Waals surface area contributed by atoms with E-state index in [9.17, 15) is 76.1 Å². The fourth-order valence-corrected chi connectivity index (χ4v) is 5.63. The maximum Gasteiger partial charge on any atom is 0.187 e. The van der Waals surface area contributed by atoms with Crippen LogP contribution in [0.2, 0.25) is 0 Å². The smallest absolute Gasteiger partial charge is 0.187 e. The highest BCUT2D eigenvalue weighted by Gasteiger charge is 2.54. The van der Waals surface area contributed by atoms with Gasteiger partial charge in [0.1, 0.15) is 85.4 Å². The molecule has 13 N–H and O–H groups in total. The van der Waals surface area contributed by atoms with Crippen LogP contribution in [0.25, 0.3) is 0 Å². The van der Waals surface area contributed by atoms with Crippen LogP contribution in [0.1, 0.15) is 6.92 Å². The first-order valence-electron chi connectivity index (χ1n) is 14.2. The van der Waals surface area contributed by atoms with E-state index in [2.05, 4.69) is 5.29 Å². The highest BCUT2D eigenvalue weighted by molar-refractivity contribution is 5.56. The second kappa shape index (κ2) is 16.5. The third-order valence-electron chi connectivity index (χ3n) is 8.28. The molecule has 1 aliphatic carbocycles. The molecule has 0 aromatic heterocycles. The molecule has 2 heterocycles. The third kappa shape index (κ3) is 7.71. The minimum atomic E-state index is -2.13. The van der Waals surface area contributed by atoms with Gasteiger partial charge in [-0.25, -0.2) is 5.01 Å². The molecule has 21 nitrogen and oxygen atoms in total. The molecule has 2 saturated heterocycles. The summed E-state index contributed by atoms with van der Waals surface area (Å²) < 4.78 is 21.9. The number of hydrogen-bond acceptors (Lipinski definition) is 20. The van der Waals surface area contributed by atoms with Crippen molar-refractivity contribution >= 4 is 6.29 Å². The lowest BCUT2D eigenvalue weighted by atomic mass is 9.86. The normalized spacial score (nSPS) is 42.8. The molecular weight excluding hydrogens is 632 g/mol. The lowest BCUT2D eigenvalue weighted by Crippen LogP contribution is -2.68. The Morgan fingerprint density at radius 3 is 2.09 bits per heavy atom. The second-order valence-corrected chi connectivity index (χ2v) is 11.2. The Morgan fingerprint density at radius 2 is 1.54 bits per heavy atom. The second-order valence-electron chi connectivity index (χ2n) is 11.2. The maximum atomic E-state index is 11.9. The molecule has 0 spiro atoms. The number of ether oxygens (including phenoxy) is 4. The molecular formula is C25H42N2O19. The van der Waals surface area contributed by atoms with Gasteiger partial charge in [0.25, 0.3) is 0 Å². The quantitative estimate of drug-likeness (QED) is 0.0352. The Hall–Kier alpha value is -1.87. The van der Waals surface area contributed by atoms with Crippen LogP contribution in [-0.2, 0) is 23.7 Å². The number of carbonyl (C=O) groups is 1. The van der Waals surface area contributed by atoms with E-state index < -0.39 is 130 Å². The first-order chi connectivity index (χ1) is 21.7. The van der Waals surface area contributed by atoms with Gasteiger partial charge in [-0.3, -0.25) is 0 Å². The molecule has 46 heavy (non-hydrogen) atoms. The van der Waals surface area contributed by atoms with Crippen molar-refractivity contribution in [3.05, 3.63) is 16.6 Å². The number of carbonyl (C=O) groups excluding carboxylic acids is 1. The Balaban J connectivity index is 1.78. The Labute approximate surface area is 260 Å². The van der Waals surface area contributed by atoms with Crippen molar-refractivity contribution in [2.75, 3.05) is 19.8 Å². The molecule has 21 heteroatoms. The molecule has 0 amide bonds. The highest BCUT2D eigenvalue weighted by Crippen LogP contribution is 2.34. The molecule has 0 unspecified atom stereocenters. The van der Waals surface area contributed by atoms with E-state index in [0.717, 1.165) is 6.08 Å². The first-order valence-corrected chi connectivity index (χ1v) is 14.2. The van der Waals surface area contributed by atoms with Crippen molar-refractivity contribution in [3.63, 3.8) is 0 Å². The molecule has 0 saturated carbocycles. The average molecular weight is 675 g/mol. The summed E-state index contributed by atoms with van der Waals surface area (Å²) >= 11 is 0. The minimum absolute atomic E-state index is 0.0908.